The van der Waals surface area contributed by atoms with Gasteiger partial charge in [-0.3, -0.25) is 4.79 Å². The first-order chi connectivity index (χ1) is 10.6. The summed E-state index contributed by atoms with van der Waals surface area (Å²) < 4.78 is 5.75. The number of hydrogen-bond donors (Lipinski definition) is 2. The lowest BCUT2D eigenvalue weighted by atomic mass is 10.1. The number of carbonyl (C=O) groups excluding carboxylic acids is 1. The van der Waals surface area contributed by atoms with E-state index in [9.17, 15) is 4.79 Å². The van der Waals surface area contributed by atoms with E-state index in [-0.39, 0.29) is 5.91 Å². The molecule has 22 heavy (non-hydrogen) atoms. The Morgan fingerprint density at radius 2 is 2.09 bits per heavy atom. The summed E-state index contributed by atoms with van der Waals surface area (Å²) in [5, 5.41) is 2.71. The van der Waals surface area contributed by atoms with Gasteiger partial charge in [0.15, 0.2) is 0 Å². The van der Waals surface area contributed by atoms with Gasteiger partial charge in [0, 0.05) is 12.1 Å². The van der Waals surface area contributed by atoms with Crippen LogP contribution in [0.15, 0.2) is 55.1 Å². The summed E-state index contributed by atoms with van der Waals surface area (Å²) >= 11 is 0. The van der Waals surface area contributed by atoms with Crippen molar-refractivity contribution < 1.29 is 9.53 Å². The first-order valence-corrected chi connectivity index (χ1v) is 7.07. The fraction of sp³-hybridized carbons (Fsp3) is 0.167. The molecule has 0 aliphatic rings. The third-order valence-electron chi connectivity index (χ3n) is 3.32. The average Bonchev–Trinajstić information content (AvgIpc) is 2.52. The van der Waals surface area contributed by atoms with Crippen molar-refractivity contribution in [2.24, 2.45) is 0 Å². The molecule has 0 fully saturated rings. The van der Waals surface area contributed by atoms with Crippen molar-refractivity contribution in [3.63, 3.8) is 0 Å². The van der Waals surface area contributed by atoms with E-state index < -0.39 is 0 Å². The van der Waals surface area contributed by atoms with Gasteiger partial charge in [0.1, 0.15) is 12.4 Å². The largest absolute Gasteiger partial charge is 0.487 e. The highest BCUT2D eigenvalue weighted by Crippen LogP contribution is 2.24. The maximum absolute atomic E-state index is 11.8. The molecule has 4 heteroatoms. The predicted octanol–water partition coefficient (Wildman–Crippen LogP) is 3.07. The number of rotatable bonds is 6. The lowest BCUT2D eigenvalue weighted by molar-refractivity contribution is 0.0958. The zero-order valence-electron chi connectivity index (χ0n) is 12.6. The molecule has 0 spiro atoms. The summed E-state index contributed by atoms with van der Waals surface area (Å²) in [7, 11) is 0. The van der Waals surface area contributed by atoms with Crippen molar-refractivity contribution in [1.29, 1.82) is 0 Å². The Labute approximate surface area is 130 Å². The highest BCUT2D eigenvalue weighted by Gasteiger charge is 2.08. The monoisotopic (exact) mass is 296 g/mol. The summed E-state index contributed by atoms with van der Waals surface area (Å²) in [5.74, 6) is 0.389. The van der Waals surface area contributed by atoms with Crippen molar-refractivity contribution >= 4 is 11.6 Å². The molecule has 0 atom stereocenters. The van der Waals surface area contributed by atoms with Gasteiger partial charge in [-0.05, 0) is 36.2 Å². The zero-order chi connectivity index (χ0) is 15.9. The zero-order valence-corrected chi connectivity index (χ0v) is 12.6. The van der Waals surface area contributed by atoms with Gasteiger partial charge in [0.05, 0.1) is 5.69 Å². The van der Waals surface area contributed by atoms with E-state index in [2.05, 4.69) is 11.9 Å². The van der Waals surface area contributed by atoms with E-state index in [0.717, 1.165) is 5.56 Å². The second kappa shape index (κ2) is 7.31. The Bertz CT molecular complexity index is 681. The van der Waals surface area contributed by atoms with Crippen molar-refractivity contribution in [3.8, 4) is 5.75 Å². The molecule has 0 aliphatic heterocycles. The SMILES string of the molecule is C=CCNC(=O)c1ccc(OCc2ccccc2C)c(N)c1. The number of aryl methyl sites for hydroxylation is 1. The van der Waals surface area contributed by atoms with Gasteiger partial charge < -0.3 is 15.8 Å². The first-order valence-electron chi connectivity index (χ1n) is 7.07. The summed E-state index contributed by atoms with van der Waals surface area (Å²) in [4.78, 5) is 11.8. The average molecular weight is 296 g/mol. The van der Waals surface area contributed by atoms with Crippen LogP contribution >= 0.6 is 0 Å². The molecule has 0 aromatic heterocycles. The maximum atomic E-state index is 11.8. The van der Waals surface area contributed by atoms with Gasteiger partial charge in [-0.25, -0.2) is 0 Å². The van der Waals surface area contributed by atoms with Crippen LogP contribution < -0.4 is 15.8 Å². The molecule has 0 radical (unpaired) electrons. The minimum atomic E-state index is -0.183. The topological polar surface area (TPSA) is 64.3 Å². The number of amides is 1. The van der Waals surface area contributed by atoms with Crippen LogP contribution in [0.1, 0.15) is 21.5 Å². The molecule has 1 amide bonds. The molecule has 0 heterocycles. The molecule has 3 N–H and O–H groups in total. The number of nitrogen functional groups attached to an aromatic ring is 1. The molecular formula is C18H20N2O2. The quantitative estimate of drug-likeness (QED) is 0.636. The Kier molecular flexibility index (Phi) is 5.20. The minimum absolute atomic E-state index is 0.183. The van der Waals surface area contributed by atoms with Crippen molar-refractivity contribution in [3.05, 3.63) is 71.8 Å². The molecule has 0 aliphatic carbocycles. The van der Waals surface area contributed by atoms with Crippen molar-refractivity contribution in [2.45, 2.75) is 13.5 Å². The van der Waals surface area contributed by atoms with Crippen LogP contribution in [0.2, 0.25) is 0 Å². The van der Waals surface area contributed by atoms with E-state index in [1.54, 1.807) is 24.3 Å². The van der Waals surface area contributed by atoms with Crippen LogP contribution in [0.4, 0.5) is 5.69 Å². The molecule has 4 nitrogen and oxygen atoms in total. The Hall–Kier alpha value is -2.75. The number of ether oxygens (including phenoxy) is 1. The number of nitrogens with one attached hydrogen (secondary N) is 1. The van der Waals surface area contributed by atoms with Crippen LogP contribution in [0.3, 0.4) is 0 Å². The van der Waals surface area contributed by atoms with Crippen molar-refractivity contribution in [1.82, 2.24) is 5.32 Å². The highest BCUT2D eigenvalue weighted by molar-refractivity contribution is 5.95. The van der Waals surface area contributed by atoms with Crippen LogP contribution in [0, 0.1) is 6.92 Å². The van der Waals surface area contributed by atoms with Crippen LogP contribution in [-0.4, -0.2) is 12.5 Å². The predicted molar refractivity (Wildman–Crippen MR) is 88.9 cm³/mol. The van der Waals surface area contributed by atoms with Gasteiger partial charge in [0.2, 0.25) is 0 Å². The second-order valence-corrected chi connectivity index (χ2v) is 4.97. The van der Waals surface area contributed by atoms with Gasteiger partial charge in [-0.1, -0.05) is 30.3 Å². The normalized spacial score (nSPS) is 10.0. The van der Waals surface area contributed by atoms with E-state index in [1.807, 2.05) is 31.2 Å². The van der Waals surface area contributed by atoms with Crippen LogP contribution in [0.25, 0.3) is 0 Å². The van der Waals surface area contributed by atoms with Crippen molar-refractivity contribution in [2.75, 3.05) is 12.3 Å². The minimum Gasteiger partial charge on any atom is -0.487 e. The van der Waals surface area contributed by atoms with Crippen LogP contribution in [-0.2, 0) is 6.61 Å². The molecular weight excluding hydrogens is 276 g/mol. The smallest absolute Gasteiger partial charge is 0.251 e. The van der Waals surface area contributed by atoms with Gasteiger partial charge in [0.25, 0.3) is 5.91 Å². The number of benzene rings is 2. The van der Waals surface area contributed by atoms with Gasteiger partial charge in [-0.15, -0.1) is 6.58 Å². The molecule has 0 saturated carbocycles. The summed E-state index contributed by atoms with van der Waals surface area (Å²) in [6, 6.07) is 13.0. The molecule has 0 unspecified atom stereocenters. The fourth-order valence-corrected chi connectivity index (χ4v) is 2.02. The Morgan fingerprint density at radius 3 is 2.77 bits per heavy atom. The number of hydrogen-bond acceptors (Lipinski definition) is 3. The van der Waals surface area contributed by atoms with Gasteiger partial charge in [-0.2, -0.15) is 0 Å². The van der Waals surface area contributed by atoms with Crippen LogP contribution in [0.5, 0.6) is 5.75 Å². The summed E-state index contributed by atoms with van der Waals surface area (Å²) in [6.07, 6.45) is 1.63. The Morgan fingerprint density at radius 1 is 1.32 bits per heavy atom. The lowest BCUT2D eigenvalue weighted by Gasteiger charge is -2.11. The van der Waals surface area contributed by atoms with E-state index in [4.69, 9.17) is 10.5 Å². The summed E-state index contributed by atoms with van der Waals surface area (Å²) in [6.45, 7) is 6.46. The number of anilines is 1. The first kappa shape index (κ1) is 15.6. The maximum Gasteiger partial charge on any atom is 0.251 e. The van der Waals surface area contributed by atoms with E-state index in [0.29, 0.717) is 30.2 Å². The fourth-order valence-electron chi connectivity index (χ4n) is 2.02. The van der Waals surface area contributed by atoms with E-state index in [1.165, 1.54) is 5.56 Å². The highest BCUT2D eigenvalue weighted by atomic mass is 16.5. The summed E-state index contributed by atoms with van der Waals surface area (Å²) in [5.41, 5.74) is 9.19. The Balaban J connectivity index is 2.05. The van der Waals surface area contributed by atoms with Gasteiger partial charge >= 0.3 is 0 Å². The third kappa shape index (κ3) is 3.88. The third-order valence-corrected chi connectivity index (χ3v) is 3.32. The lowest BCUT2D eigenvalue weighted by Crippen LogP contribution is -2.23. The second-order valence-electron chi connectivity index (χ2n) is 4.97. The number of carbonyl (C=O) groups is 1. The molecule has 114 valence electrons. The van der Waals surface area contributed by atoms with E-state index >= 15 is 0 Å². The molecule has 0 saturated heterocycles. The molecule has 2 aromatic rings. The molecule has 0 bridgehead atoms. The number of nitrogens with two attached hydrogens (primary N) is 1. The standard InChI is InChI=1S/C18H20N2O2/c1-3-10-20-18(21)14-8-9-17(16(19)11-14)22-12-15-7-5-4-6-13(15)2/h3-9,11H,1,10,12,19H2,2H3,(H,20,21). The molecule has 2 aromatic carbocycles. The molecule has 2 rings (SSSR count).